The molecule has 310 valence electrons. The van der Waals surface area contributed by atoms with Crippen molar-refractivity contribution < 1.29 is 9.59 Å². The third-order valence-electron chi connectivity index (χ3n) is 9.83. The highest BCUT2D eigenvalue weighted by molar-refractivity contribution is 8.02. The van der Waals surface area contributed by atoms with Crippen LogP contribution in [0.15, 0.2) is 47.1 Å². The molecule has 0 spiro atoms. The highest BCUT2D eigenvalue weighted by Crippen LogP contribution is 2.22. The maximum atomic E-state index is 10.4. The lowest BCUT2D eigenvalue weighted by molar-refractivity contribution is -0.116. The summed E-state index contributed by atoms with van der Waals surface area (Å²) < 4.78 is 0. The van der Waals surface area contributed by atoms with Crippen LogP contribution in [0, 0.1) is 5.92 Å². The van der Waals surface area contributed by atoms with Crippen LogP contribution in [-0.4, -0.2) is 91.0 Å². The van der Waals surface area contributed by atoms with E-state index in [1.54, 1.807) is 18.7 Å². The number of Topliss-reactive ketones (excluding diaryl/α,β-unsaturated/α-hetero) is 1. The molecule has 53 heavy (non-hydrogen) atoms. The van der Waals surface area contributed by atoms with E-state index in [2.05, 4.69) is 67.9 Å². The first kappa shape index (κ1) is 53.5. The molecule has 4 atom stereocenters. The highest BCUT2D eigenvalue weighted by Gasteiger charge is 2.21. The van der Waals surface area contributed by atoms with Gasteiger partial charge < -0.3 is 31.0 Å². The van der Waals surface area contributed by atoms with Crippen LogP contribution in [0.3, 0.4) is 0 Å². The number of unbranched alkanes of at least 4 members (excludes halogenated alkanes) is 1. The standard InChI is InChI=1S/C16H29N3OS.C14H29N.C10H18ClN.C4H8O/c1-4-6-9-19-10-7-15(8-11-19)18-16(21-3)14(5-2)12-17-13-20;1-4-8-14(10-9-13(3)5-2)15-11-6-7-12-15;1-4-10(11)7-8(2)5-6-9(3)12;1-3-4(2)5/h5,13,15,18H,2,4,6-12H2,1,3H3,(H,17,20);13-14H,4-12H2,1-3H3;5-7,9-10H,4,12H2,1-3H3;3H2,1-2H3/b16-14+;;6-5-,8-7-;. The first-order valence-electron chi connectivity index (χ1n) is 20.9. The average Bonchev–Trinajstić information content (AvgIpc) is 3.70. The first-order chi connectivity index (χ1) is 25.3. The molecule has 0 aromatic heterocycles. The third kappa shape index (κ3) is 30.3. The second-order valence-electron chi connectivity index (χ2n) is 14.8. The summed E-state index contributed by atoms with van der Waals surface area (Å²) in [5, 5.41) is 7.61. The van der Waals surface area contributed by atoms with Crippen LogP contribution < -0.4 is 16.4 Å². The van der Waals surface area contributed by atoms with E-state index in [1.165, 1.54) is 109 Å². The van der Waals surface area contributed by atoms with Gasteiger partial charge in [0, 0.05) is 49.8 Å². The Morgan fingerprint density at radius 2 is 1.60 bits per heavy atom. The number of hydrogen-bond acceptors (Lipinski definition) is 7. The van der Waals surface area contributed by atoms with Gasteiger partial charge in [-0.3, -0.25) is 4.79 Å². The summed E-state index contributed by atoms with van der Waals surface area (Å²) in [5.74, 6) is 1.18. The van der Waals surface area contributed by atoms with E-state index in [1.807, 2.05) is 45.1 Å². The Balaban J connectivity index is 0. The molecule has 9 heteroatoms. The Kier molecular flexibility index (Phi) is 36.4. The Bertz CT molecular complexity index is 1000. The molecule has 0 radical (unpaired) electrons. The van der Waals surface area contributed by atoms with Crippen LogP contribution in [0.4, 0.5) is 0 Å². The number of carbonyl (C=O) groups is 2. The average molecular weight is 783 g/mol. The van der Waals surface area contributed by atoms with Crippen LogP contribution in [-0.2, 0) is 9.59 Å². The molecule has 4 N–H and O–H groups in total. The van der Waals surface area contributed by atoms with Crippen molar-refractivity contribution in [3.8, 4) is 0 Å². The molecule has 2 aliphatic rings. The van der Waals surface area contributed by atoms with E-state index in [0.717, 1.165) is 35.4 Å². The minimum atomic E-state index is 0.115. The van der Waals surface area contributed by atoms with Gasteiger partial charge in [-0.1, -0.05) is 97.3 Å². The predicted molar refractivity (Wildman–Crippen MR) is 238 cm³/mol. The molecule has 0 bridgehead atoms. The van der Waals surface area contributed by atoms with Crippen molar-refractivity contribution in [1.29, 1.82) is 0 Å². The Hall–Kier alpha value is -1.58. The Morgan fingerprint density at radius 3 is 2.06 bits per heavy atom. The van der Waals surface area contributed by atoms with Crippen molar-refractivity contribution in [2.45, 2.75) is 169 Å². The van der Waals surface area contributed by atoms with Gasteiger partial charge in [0.05, 0.1) is 10.4 Å². The van der Waals surface area contributed by atoms with E-state index in [4.69, 9.17) is 17.3 Å². The van der Waals surface area contributed by atoms with Gasteiger partial charge in [-0.25, -0.2) is 0 Å². The van der Waals surface area contributed by atoms with Gasteiger partial charge in [-0.05, 0) is 110 Å². The van der Waals surface area contributed by atoms with Crippen molar-refractivity contribution in [2.75, 3.05) is 45.5 Å². The summed E-state index contributed by atoms with van der Waals surface area (Å²) in [6.07, 6.45) is 27.0. The summed E-state index contributed by atoms with van der Waals surface area (Å²) >= 11 is 7.62. The molecule has 0 saturated carbocycles. The molecular weight excluding hydrogens is 698 g/mol. The fraction of sp³-hybridized carbons (Fsp3) is 0.773. The number of nitrogens with one attached hydrogen (secondary N) is 2. The lowest BCUT2D eigenvalue weighted by atomic mass is 9.96. The van der Waals surface area contributed by atoms with Crippen LogP contribution in [0.5, 0.6) is 0 Å². The topological polar surface area (TPSA) is 90.7 Å². The van der Waals surface area contributed by atoms with Gasteiger partial charge >= 0.3 is 0 Å². The number of carbonyl (C=O) groups excluding carboxylic acids is 2. The number of allylic oxidation sites excluding steroid dienone is 3. The van der Waals surface area contributed by atoms with Gasteiger partial charge in [0.1, 0.15) is 5.78 Å². The van der Waals surface area contributed by atoms with Gasteiger partial charge in [0.2, 0.25) is 6.41 Å². The van der Waals surface area contributed by atoms with Gasteiger partial charge in [0.15, 0.2) is 0 Å². The van der Waals surface area contributed by atoms with Crippen LogP contribution in [0.2, 0.25) is 0 Å². The Labute approximate surface area is 337 Å². The molecule has 2 aliphatic heterocycles. The maximum absolute atomic E-state index is 10.4. The number of ketones is 1. The van der Waals surface area contributed by atoms with Crippen LogP contribution in [0.25, 0.3) is 0 Å². The third-order valence-corrected chi connectivity index (χ3v) is 11.1. The summed E-state index contributed by atoms with van der Waals surface area (Å²) in [7, 11) is 0. The molecule has 0 aromatic rings. The van der Waals surface area contributed by atoms with Crippen molar-refractivity contribution in [1.82, 2.24) is 20.4 Å². The summed E-state index contributed by atoms with van der Waals surface area (Å²) in [6.45, 7) is 29.5. The molecule has 0 aromatic carbocycles. The number of alkyl halides is 1. The number of nitrogens with zero attached hydrogens (tertiary/aromatic N) is 2. The smallest absolute Gasteiger partial charge is 0.207 e. The molecule has 0 aliphatic carbocycles. The minimum Gasteiger partial charge on any atom is -0.377 e. The number of hydrogen-bond donors (Lipinski definition) is 3. The molecule has 2 fully saturated rings. The first-order valence-corrected chi connectivity index (χ1v) is 22.6. The number of rotatable bonds is 22. The van der Waals surface area contributed by atoms with E-state index >= 15 is 0 Å². The molecule has 2 saturated heterocycles. The fourth-order valence-corrected chi connectivity index (χ4v) is 6.84. The molecule has 4 unspecified atom stereocenters. The fourth-order valence-electron chi connectivity index (χ4n) is 5.94. The molecule has 2 rings (SSSR count). The zero-order valence-corrected chi connectivity index (χ0v) is 37.6. The molecular formula is C44H84ClN5O2S. The number of likely N-dealkylation sites (tertiary alicyclic amines) is 2. The summed E-state index contributed by atoms with van der Waals surface area (Å²) in [4.78, 5) is 25.6. The largest absolute Gasteiger partial charge is 0.377 e. The number of nitrogens with two attached hydrogens (primary N) is 1. The molecule has 2 heterocycles. The van der Waals surface area contributed by atoms with Crippen molar-refractivity contribution in [3.63, 3.8) is 0 Å². The van der Waals surface area contributed by atoms with Gasteiger partial charge in [0.25, 0.3) is 0 Å². The number of amides is 1. The molecule has 7 nitrogen and oxygen atoms in total. The predicted octanol–water partition coefficient (Wildman–Crippen LogP) is 10.3. The lowest BCUT2D eigenvalue weighted by Crippen LogP contribution is -2.42. The minimum absolute atomic E-state index is 0.115. The highest BCUT2D eigenvalue weighted by atomic mass is 35.5. The van der Waals surface area contributed by atoms with E-state index in [0.29, 0.717) is 19.0 Å². The van der Waals surface area contributed by atoms with E-state index < -0.39 is 0 Å². The number of thioether (sulfide) groups is 1. The van der Waals surface area contributed by atoms with Gasteiger partial charge in [-0.2, -0.15) is 0 Å². The monoisotopic (exact) mass is 782 g/mol. The van der Waals surface area contributed by atoms with Crippen molar-refractivity contribution in [2.24, 2.45) is 11.7 Å². The summed E-state index contributed by atoms with van der Waals surface area (Å²) in [6, 6.07) is 1.53. The van der Waals surface area contributed by atoms with Crippen LogP contribution >= 0.6 is 23.4 Å². The van der Waals surface area contributed by atoms with Crippen molar-refractivity contribution in [3.05, 3.63) is 47.1 Å². The lowest BCUT2D eigenvalue weighted by Gasteiger charge is -2.33. The zero-order valence-electron chi connectivity index (χ0n) is 36.0. The van der Waals surface area contributed by atoms with E-state index in [9.17, 15) is 9.59 Å². The second kappa shape index (κ2) is 36.1. The van der Waals surface area contributed by atoms with Crippen LogP contribution in [0.1, 0.15) is 146 Å². The number of halogens is 1. The summed E-state index contributed by atoms with van der Waals surface area (Å²) in [5.41, 5.74) is 7.79. The quantitative estimate of drug-likeness (QED) is 0.0572. The van der Waals surface area contributed by atoms with Gasteiger partial charge in [-0.15, -0.1) is 23.4 Å². The Morgan fingerprint density at radius 1 is 0.981 bits per heavy atom. The SMILES string of the molecule is C=C/C(CNC=O)=C(/NC1CCN(CCCC)CC1)SC.CCC(C)=O.CCC(Cl)/C=C(C)\C=C/C(C)N.CCCC(CCC(C)CC)N1CCCC1. The van der Waals surface area contributed by atoms with Crippen molar-refractivity contribution >= 4 is 35.6 Å². The second-order valence-corrected chi connectivity index (χ2v) is 16.1. The number of piperidine rings is 1. The molecule has 1 amide bonds. The zero-order chi connectivity index (χ0) is 40.4. The van der Waals surface area contributed by atoms with E-state index in [-0.39, 0.29) is 17.2 Å². The normalized spacial score (nSPS) is 18.2. The maximum Gasteiger partial charge on any atom is 0.207 e.